The fourth-order valence-corrected chi connectivity index (χ4v) is 2.95. The van der Waals surface area contributed by atoms with E-state index in [0.29, 0.717) is 5.56 Å². The SMILES string of the molecule is Cc1cnccc1NS(=O)(=O)c1ccc(F)c(CO)c1F. The quantitative estimate of drug-likeness (QED) is 0.904. The molecule has 0 fully saturated rings. The highest BCUT2D eigenvalue weighted by Crippen LogP contribution is 2.24. The van der Waals surface area contributed by atoms with E-state index in [-0.39, 0.29) is 5.69 Å². The lowest BCUT2D eigenvalue weighted by atomic mass is 10.2. The van der Waals surface area contributed by atoms with Gasteiger partial charge in [0.15, 0.2) is 5.82 Å². The van der Waals surface area contributed by atoms with Crippen molar-refractivity contribution in [3.63, 3.8) is 0 Å². The molecule has 1 aromatic heterocycles. The molecule has 0 spiro atoms. The molecule has 0 aliphatic rings. The van der Waals surface area contributed by atoms with Crippen LogP contribution in [0.15, 0.2) is 35.5 Å². The Bertz CT molecular complexity index is 779. The van der Waals surface area contributed by atoms with E-state index in [9.17, 15) is 17.2 Å². The van der Waals surface area contributed by atoms with Crippen LogP contribution in [0.2, 0.25) is 0 Å². The third kappa shape index (κ3) is 3.01. The number of pyridine rings is 1. The highest BCUT2D eigenvalue weighted by atomic mass is 32.2. The molecule has 0 amide bonds. The van der Waals surface area contributed by atoms with Gasteiger partial charge in [0.05, 0.1) is 17.9 Å². The molecule has 0 saturated heterocycles. The van der Waals surface area contributed by atoms with E-state index in [0.717, 1.165) is 12.1 Å². The second-order valence-electron chi connectivity index (χ2n) is 4.29. The first kappa shape index (κ1) is 15.3. The highest BCUT2D eigenvalue weighted by molar-refractivity contribution is 7.92. The van der Waals surface area contributed by atoms with Crippen molar-refractivity contribution in [2.24, 2.45) is 0 Å². The van der Waals surface area contributed by atoms with Gasteiger partial charge >= 0.3 is 0 Å². The molecule has 2 N–H and O–H groups in total. The van der Waals surface area contributed by atoms with Gasteiger partial charge in [-0.1, -0.05) is 0 Å². The maximum absolute atomic E-state index is 14.0. The predicted octanol–water partition coefficient (Wildman–Crippen LogP) is 1.96. The van der Waals surface area contributed by atoms with E-state index < -0.39 is 38.7 Å². The molecule has 0 atom stereocenters. The average Bonchev–Trinajstić information content (AvgIpc) is 2.41. The van der Waals surface area contributed by atoms with Crippen LogP contribution in [0, 0.1) is 18.6 Å². The molecule has 112 valence electrons. The smallest absolute Gasteiger partial charge is 0.264 e. The van der Waals surface area contributed by atoms with Crippen molar-refractivity contribution in [1.82, 2.24) is 4.98 Å². The summed E-state index contributed by atoms with van der Waals surface area (Å²) in [4.78, 5) is 3.08. The molecule has 2 aromatic rings. The van der Waals surface area contributed by atoms with Crippen LogP contribution < -0.4 is 4.72 Å². The lowest BCUT2D eigenvalue weighted by Crippen LogP contribution is -2.16. The van der Waals surface area contributed by atoms with Gasteiger partial charge in [0, 0.05) is 12.4 Å². The Morgan fingerprint density at radius 3 is 2.62 bits per heavy atom. The zero-order chi connectivity index (χ0) is 15.6. The number of hydrogen-bond donors (Lipinski definition) is 2. The number of nitrogens with one attached hydrogen (secondary N) is 1. The van der Waals surface area contributed by atoms with Crippen LogP contribution in [-0.4, -0.2) is 18.5 Å². The standard InChI is InChI=1S/C13H12F2N2O3S/c1-8-6-16-5-4-11(8)17-21(19,20)12-3-2-10(14)9(7-18)13(12)15/h2-6,18H,7H2,1H3,(H,16,17). The summed E-state index contributed by atoms with van der Waals surface area (Å²) in [6.45, 7) is 0.695. The molecular weight excluding hydrogens is 302 g/mol. The number of aryl methyl sites for hydroxylation is 1. The molecule has 0 aliphatic carbocycles. The second-order valence-corrected chi connectivity index (χ2v) is 5.94. The summed E-state index contributed by atoms with van der Waals surface area (Å²) in [5.41, 5.74) is 0.0922. The van der Waals surface area contributed by atoms with E-state index in [2.05, 4.69) is 9.71 Å². The third-order valence-corrected chi connectivity index (χ3v) is 4.25. The van der Waals surface area contributed by atoms with Gasteiger partial charge < -0.3 is 5.11 Å². The summed E-state index contributed by atoms with van der Waals surface area (Å²) in [7, 11) is -4.25. The van der Waals surface area contributed by atoms with E-state index in [4.69, 9.17) is 5.11 Å². The van der Waals surface area contributed by atoms with Crippen molar-refractivity contribution in [3.8, 4) is 0 Å². The van der Waals surface area contributed by atoms with Crippen molar-refractivity contribution in [2.45, 2.75) is 18.4 Å². The Kier molecular flexibility index (Phi) is 4.19. The molecule has 2 rings (SSSR count). The molecular formula is C13H12F2N2O3S. The Hall–Kier alpha value is -2.06. The third-order valence-electron chi connectivity index (χ3n) is 2.86. The number of aromatic nitrogens is 1. The summed E-state index contributed by atoms with van der Waals surface area (Å²) in [6, 6.07) is 3.02. The first-order valence-electron chi connectivity index (χ1n) is 5.88. The molecule has 0 bridgehead atoms. The molecule has 1 heterocycles. The number of benzene rings is 1. The molecule has 0 saturated carbocycles. The van der Waals surface area contributed by atoms with Crippen molar-refractivity contribution in [1.29, 1.82) is 0 Å². The van der Waals surface area contributed by atoms with Crippen LogP contribution in [0.1, 0.15) is 11.1 Å². The number of rotatable bonds is 4. The summed E-state index contributed by atoms with van der Waals surface area (Å²) >= 11 is 0. The van der Waals surface area contributed by atoms with Crippen LogP contribution in [-0.2, 0) is 16.6 Å². The summed E-state index contributed by atoms with van der Waals surface area (Å²) < 4.78 is 53.8. The van der Waals surface area contributed by atoms with Gasteiger partial charge in [-0.25, -0.2) is 17.2 Å². The maximum Gasteiger partial charge on any atom is 0.264 e. The molecule has 1 aromatic carbocycles. The Balaban J connectivity index is 2.48. The van der Waals surface area contributed by atoms with Crippen LogP contribution in [0.25, 0.3) is 0 Å². The van der Waals surface area contributed by atoms with Gasteiger partial charge in [0.25, 0.3) is 10.0 Å². The predicted molar refractivity (Wildman–Crippen MR) is 72.1 cm³/mol. The normalized spacial score (nSPS) is 11.4. The van der Waals surface area contributed by atoms with Gasteiger partial charge in [-0.05, 0) is 30.7 Å². The number of anilines is 1. The maximum atomic E-state index is 14.0. The fraction of sp³-hybridized carbons (Fsp3) is 0.154. The van der Waals surface area contributed by atoms with Gasteiger partial charge in [0.2, 0.25) is 0 Å². The summed E-state index contributed by atoms with van der Waals surface area (Å²) in [5, 5.41) is 8.92. The van der Waals surface area contributed by atoms with Crippen molar-refractivity contribution >= 4 is 15.7 Å². The zero-order valence-corrected chi connectivity index (χ0v) is 11.8. The van der Waals surface area contributed by atoms with Crippen LogP contribution in [0.5, 0.6) is 0 Å². The molecule has 0 radical (unpaired) electrons. The Morgan fingerprint density at radius 1 is 1.29 bits per heavy atom. The molecule has 0 unspecified atom stereocenters. The number of hydrogen-bond acceptors (Lipinski definition) is 4. The number of halogens is 2. The summed E-state index contributed by atoms with van der Waals surface area (Å²) in [5.74, 6) is -2.31. The zero-order valence-electron chi connectivity index (χ0n) is 11.0. The minimum Gasteiger partial charge on any atom is -0.391 e. The average molecular weight is 314 g/mol. The van der Waals surface area contributed by atoms with Crippen LogP contribution in [0.3, 0.4) is 0 Å². The molecule has 8 heteroatoms. The fourth-order valence-electron chi connectivity index (χ4n) is 1.72. The van der Waals surface area contributed by atoms with Crippen molar-refractivity contribution in [3.05, 3.63) is 53.4 Å². The van der Waals surface area contributed by atoms with Crippen molar-refractivity contribution < 1.29 is 22.3 Å². The molecule has 21 heavy (non-hydrogen) atoms. The van der Waals surface area contributed by atoms with Crippen LogP contribution >= 0.6 is 0 Å². The summed E-state index contributed by atoms with van der Waals surface area (Å²) in [6.07, 6.45) is 2.82. The van der Waals surface area contributed by atoms with E-state index >= 15 is 0 Å². The number of nitrogens with zero attached hydrogens (tertiary/aromatic N) is 1. The number of sulfonamides is 1. The van der Waals surface area contributed by atoms with E-state index in [1.807, 2.05) is 0 Å². The molecule has 0 aliphatic heterocycles. The van der Waals surface area contributed by atoms with E-state index in [1.165, 1.54) is 18.5 Å². The minimum absolute atomic E-state index is 0.235. The van der Waals surface area contributed by atoms with Gasteiger partial charge in [0.1, 0.15) is 10.7 Å². The molecule has 5 nitrogen and oxygen atoms in total. The van der Waals surface area contributed by atoms with E-state index in [1.54, 1.807) is 6.92 Å². The van der Waals surface area contributed by atoms with Gasteiger partial charge in [-0.3, -0.25) is 9.71 Å². The van der Waals surface area contributed by atoms with Crippen molar-refractivity contribution in [2.75, 3.05) is 4.72 Å². The van der Waals surface area contributed by atoms with Gasteiger partial charge in [-0.2, -0.15) is 0 Å². The minimum atomic E-state index is -4.25. The Morgan fingerprint density at radius 2 is 2.00 bits per heavy atom. The first-order valence-corrected chi connectivity index (χ1v) is 7.36. The lowest BCUT2D eigenvalue weighted by molar-refractivity contribution is 0.267. The Labute approximate surface area is 120 Å². The topological polar surface area (TPSA) is 79.3 Å². The number of aliphatic hydroxyl groups excluding tert-OH is 1. The van der Waals surface area contributed by atoms with Gasteiger partial charge in [-0.15, -0.1) is 0 Å². The number of aliphatic hydroxyl groups is 1. The van der Waals surface area contributed by atoms with Crippen LogP contribution in [0.4, 0.5) is 14.5 Å². The largest absolute Gasteiger partial charge is 0.391 e. The first-order chi connectivity index (χ1) is 9.86. The lowest BCUT2D eigenvalue weighted by Gasteiger charge is -2.12. The second kappa shape index (κ2) is 5.74. The monoisotopic (exact) mass is 314 g/mol. The highest BCUT2D eigenvalue weighted by Gasteiger charge is 2.23.